The van der Waals surface area contributed by atoms with Crippen molar-refractivity contribution in [3.63, 3.8) is 0 Å². The van der Waals surface area contributed by atoms with Gasteiger partial charge in [0.15, 0.2) is 0 Å². The van der Waals surface area contributed by atoms with Crippen molar-refractivity contribution in [2.45, 2.75) is 39.2 Å². The molecule has 0 amide bonds. The van der Waals surface area contributed by atoms with Crippen molar-refractivity contribution < 1.29 is 0 Å². The summed E-state index contributed by atoms with van der Waals surface area (Å²) in [5.74, 6) is 0.686. The van der Waals surface area contributed by atoms with Gasteiger partial charge in [-0.25, -0.2) is 4.68 Å². The van der Waals surface area contributed by atoms with Gasteiger partial charge in [0.05, 0.1) is 11.9 Å². The van der Waals surface area contributed by atoms with Crippen LogP contribution < -0.4 is 15.8 Å². The Kier molecular flexibility index (Phi) is 5.65. The fourth-order valence-corrected chi connectivity index (χ4v) is 3.19. The van der Waals surface area contributed by atoms with Crippen LogP contribution in [0.15, 0.2) is 11.0 Å². The highest BCUT2D eigenvalue weighted by Gasteiger charge is 2.25. The third kappa shape index (κ3) is 3.77. The predicted octanol–water partition coefficient (Wildman–Crippen LogP) is 2.04. The van der Waals surface area contributed by atoms with Crippen LogP contribution in [0.25, 0.3) is 0 Å². The van der Waals surface area contributed by atoms with Gasteiger partial charge >= 0.3 is 0 Å². The van der Waals surface area contributed by atoms with Crippen LogP contribution in [0, 0.1) is 5.92 Å². The van der Waals surface area contributed by atoms with Crippen LogP contribution in [0.4, 0.5) is 5.69 Å². The lowest BCUT2D eigenvalue weighted by atomic mass is 9.90. The van der Waals surface area contributed by atoms with E-state index in [9.17, 15) is 4.79 Å². The van der Waals surface area contributed by atoms with Gasteiger partial charge in [0.25, 0.3) is 5.56 Å². The molecule has 0 aromatic carbocycles. The fourth-order valence-electron chi connectivity index (χ4n) is 2.90. The second kappa shape index (κ2) is 7.27. The average molecular weight is 313 g/mol. The summed E-state index contributed by atoms with van der Waals surface area (Å²) in [7, 11) is 1.62. The molecule has 1 aliphatic heterocycles. The van der Waals surface area contributed by atoms with Gasteiger partial charge in [-0.3, -0.25) is 4.79 Å². The summed E-state index contributed by atoms with van der Waals surface area (Å²) in [5, 5.41) is 7.93. The molecule has 1 fully saturated rings. The number of aromatic nitrogens is 2. The Morgan fingerprint density at radius 3 is 2.76 bits per heavy atom. The first-order valence-electron chi connectivity index (χ1n) is 7.74. The zero-order valence-electron chi connectivity index (χ0n) is 13.1. The van der Waals surface area contributed by atoms with Crippen molar-refractivity contribution in [2.24, 2.45) is 13.0 Å². The van der Waals surface area contributed by atoms with E-state index < -0.39 is 0 Å². The Bertz CT molecular complexity index is 523. The number of aryl methyl sites for hydroxylation is 1. The molecule has 1 unspecified atom stereocenters. The lowest BCUT2D eigenvalue weighted by Gasteiger charge is -2.36. The number of halogens is 1. The van der Waals surface area contributed by atoms with E-state index >= 15 is 0 Å². The molecule has 0 saturated carbocycles. The highest BCUT2D eigenvalue weighted by atomic mass is 35.5. The van der Waals surface area contributed by atoms with Crippen LogP contribution in [0.5, 0.6) is 0 Å². The Hall–Kier alpha value is -1.07. The van der Waals surface area contributed by atoms with Crippen molar-refractivity contribution >= 4 is 17.3 Å². The first-order valence-corrected chi connectivity index (χ1v) is 8.12. The van der Waals surface area contributed by atoms with Crippen LogP contribution in [-0.4, -0.2) is 35.5 Å². The van der Waals surface area contributed by atoms with Gasteiger partial charge in [-0.05, 0) is 38.6 Å². The Morgan fingerprint density at radius 1 is 1.48 bits per heavy atom. The van der Waals surface area contributed by atoms with E-state index in [0.717, 1.165) is 44.6 Å². The van der Waals surface area contributed by atoms with Crippen molar-refractivity contribution in [1.29, 1.82) is 0 Å². The van der Waals surface area contributed by atoms with Gasteiger partial charge in [-0.2, -0.15) is 5.10 Å². The molecule has 1 saturated heterocycles. The fraction of sp³-hybridized carbons (Fsp3) is 0.733. The summed E-state index contributed by atoms with van der Waals surface area (Å²) in [6.45, 7) is 7.39. The first-order chi connectivity index (χ1) is 10.0. The molecule has 1 aromatic heterocycles. The normalized spacial score (nSPS) is 18.0. The van der Waals surface area contributed by atoms with E-state index in [4.69, 9.17) is 11.6 Å². The maximum absolute atomic E-state index is 11.9. The van der Waals surface area contributed by atoms with Crippen molar-refractivity contribution in [2.75, 3.05) is 24.5 Å². The molecular weight excluding hydrogens is 288 g/mol. The molecule has 0 radical (unpaired) electrons. The molecule has 0 aliphatic carbocycles. The first kappa shape index (κ1) is 16.3. The topological polar surface area (TPSA) is 50.2 Å². The van der Waals surface area contributed by atoms with Crippen molar-refractivity contribution in [3.05, 3.63) is 21.6 Å². The number of rotatable bonds is 5. The Balaban J connectivity index is 1.98. The number of hydrogen-bond donors (Lipinski definition) is 1. The Morgan fingerprint density at radius 2 is 2.14 bits per heavy atom. The van der Waals surface area contributed by atoms with Crippen molar-refractivity contribution in [3.8, 4) is 0 Å². The Labute approximate surface area is 131 Å². The van der Waals surface area contributed by atoms with E-state index in [-0.39, 0.29) is 10.6 Å². The lowest BCUT2D eigenvalue weighted by Crippen LogP contribution is -2.42. The van der Waals surface area contributed by atoms with Gasteiger partial charge in [0.1, 0.15) is 5.02 Å². The highest BCUT2D eigenvalue weighted by Crippen LogP contribution is 2.28. The van der Waals surface area contributed by atoms with Crippen LogP contribution in [0.1, 0.15) is 33.1 Å². The molecular formula is C15H25ClN4O. The zero-order chi connectivity index (χ0) is 15.4. The van der Waals surface area contributed by atoms with Gasteiger partial charge in [-0.1, -0.05) is 18.5 Å². The summed E-state index contributed by atoms with van der Waals surface area (Å²) in [6.07, 6.45) is 5.09. The number of anilines is 1. The zero-order valence-corrected chi connectivity index (χ0v) is 13.9. The van der Waals surface area contributed by atoms with Crippen LogP contribution >= 0.6 is 11.6 Å². The number of nitrogens with one attached hydrogen (secondary N) is 1. The quantitative estimate of drug-likeness (QED) is 0.904. The minimum atomic E-state index is -0.228. The van der Waals surface area contributed by atoms with E-state index in [1.165, 1.54) is 4.68 Å². The van der Waals surface area contributed by atoms with E-state index in [1.54, 1.807) is 13.2 Å². The van der Waals surface area contributed by atoms with E-state index in [2.05, 4.69) is 29.2 Å². The summed E-state index contributed by atoms with van der Waals surface area (Å²) in [4.78, 5) is 14.0. The summed E-state index contributed by atoms with van der Waals surface area (Å²) in [5.41, 5.74) is 0.543. The van der Waals surface area contributed by atoms with Gasteiger partial charge in [-0.15, -0.1) is 0 Å². The molecule has 1 aromatic rings. The summed E-state index contributed by atoms with van der Waals surface area (Å²) in [6, 6.07) is 0.546. The highest BCUT2D eigenvalue weighted by molar-refractivity contribution is 6.33. The van der Waals surface area contributed by atoms with Gasteiger partial charge < -0.3 is 10.2 Å². The maximum Gasteiger partial charge on any atom is 0.287 e. The molecule has 0 bridgehead atoms. The maximum atomic E-state index is 11.9. The third-order valence-corrected chi connectivity index (χ3v) is 4.72. The number of hydrogen-bond acceptors (Lipinski definition) is 4. The second-order valence-electron chi connectivity index (χ2n) is 5.84. The second-order valence-corrected chi connectivity index (χ2v) is 6.22. The largest absolute Gasteiger partial charge is 0.369 e. The molecule has 21 heavy (non-hydrogen) atoms. The smallest absolute Gasteiger partial charge is 0.287 e. The van der Waals surface area contributed by atoms with Crippen molar-refractivity contribution in [1.82, 2.24) is 15.1 Å². The molecule has 118 valence electrons. The minimum absolute atomic E-state index is 0.228. The lowest BCUT2D eigenvalue weighted by molar-refractivity contribution is 0.311. The summed E-state index contributed by atoms with van der Waals surface area (Å²) >= 11 is 6.17. The standard InChI is InChI=1S/C15H25ClN4O/c1-4-7-17-11(2)12-5-8-20(9-6-12)13-10-18-19(3)15(21)14(13)16/h10-12,17H,4-9H2,1-3H3. The molecule has 1 aliphatic rings. The average Bonchev–Trinajstić information content (AvgIpc) is 2.51. The number of piperidine rings is 1. The van der Waals surface area contributed by atoms with Gasteiger partial charge in [0.2, 0.25) is 0 Å². The monoisotopic (exact) mass is 312 g/mol. The predicted molar refractivity (Wildman–Crippen MR) is 87.2 cm³/mol. The van der Waals surface area contributed by atoms with Gasteiger partial charge in [0, 0.05) is 26.2 Å². The molecule has 2 heterocycles. The molecule has 5 nitrogen and oxygen atoms in total. The van der Waals surface area contributed by atoms with Crippen LogP contribution in [0.2, 0.25) is 5.02 Å². The molecule has 6 heteroatoms. The molecule has 2 rings (SSSR count). The molecule has 0 spiro atoms. The van der Waals surface area contributed by atoms with E-state index in [1.807, 2.05) is 0 Å². The van der Waals surface area contributed by atoms with Crippen LogP contribution in [-0.2, 0) is 7.05 Å². The minimum Gasteiger partial charge on any atom is -0.369 e. The number of nitrogens with zero attached hydrogens (tertiary/aromatic N) is 3. The van der Waals surface area contributed by atoms with Crippen LogP contribution in [0.3, 0.4) is 0 Å². The van der Waals surface area contributed by atoms with E-state index in [0.29, 0.717) is 12.0 Å². The summed E-state index contributed by atoms with van der Waals surface area (Å²) < 4.78 is 1.27. The molecule has 1 atom stereocenters. The SMILES string of the molecule is CCCNC(C)C1CCN(c2cnn(C)c(=O)c2Cl)CC1. The molecule has 1 N–H and O–H groups in total. The third-order valence-electron chi connectivity index (χ3n) is 4.36.